The fourth-order valence-electron chi connectivity index (χ4n) is 1.67. The van der Waals surface area contributed by atoms with Gasteiger partial charge in [-0.3, -0.25) is 14.1 Å². The summed E-state index contributed by atoms with van der Waals surface area (Å²) < 4.78 is 21.6. The maximum absolute atomic E-state index is 11.8. The predicted molar refractivity (Wildman–Crippen MR) is 78.2 cm³/mol. The first-order valence-electron chi connectivity index (χ1n) is 6.29. The summed E-state index contributed by atoms with van der Waals surface area (Å²) in [6.45, 7) is 5.81. The molecule has 0 radical (unpaired) electrons. The highest BCUT2D eigenvalue weighted by molar-refractivity contribution is 7.80. The third kappa shape index (κ3) is 5.98. The molecule has 0 bridgehead atoms. The number of carbonyl (C=O) groups is 1. The Labute approximate surface area is 117 Å². The van der Waals surface area contributed by atoms with E-state index in [9.17, 15) is 9.00 Å². The second-order valence-electron chi connectivity index (χ2n) is 5.57. The molecule has 0 aromatic heterocycles. The molecule has 0 saturated carbocycles. The summed E-state index contributed by atoms with van der Waals surface area (Å²) in [7, 11) is 0. The van der Waals surface area contributed by atoms with Crippen LogP contribution >= 0.6 is 0 Å². The summed E-state index contributed by atoms with van der Waals surface area (Å²) in [5, 5.41) is 0. The predicted octanol–water partition coefficient (Wildman–Crippen LogP) is 3.17. The van der Waals surface area contributed by atoms with Gasteiger partial charge < -0.3 is 0 Å². The van der Waals surface area contributed by atoms with Crippen molar-refractivity contribution in [2.75, 3.05) is 4.72 Å². The number of nitrogens with one attached hydrogen (secondary N) is 1. The van der Waals surface area contributed by atoms with Gasteiger partial charge in [0.2, 0.25) is 0 Å². The molecule has 1 rings (SSSR count). The van der Waals surface area contributed by atoms with Crippen LogP contribution in [0.25, 0.3) is 0 Å². The van der Waals surface area contributed by atoms with Crippen molar-refractivity contribution in [2.24, 2.45) is 5.41 Å². The van der Waals surface area contributed by atoms with Gasteiger partial charge in [-0.2, -0.15) is 0 Å². The zero-order chi connectivity index (χ0) is 14.5. The molecule has 19 heavy (non-hydrogen) atoms. The molecule has 4 nitrogen and oxygen atoms in total. The average Bonchev–Trinajstić information content (AvgIpc) is 2.29. The van der Waals surface area contributed by atoms with Crippen molar-refractivity contribution in [1.29, 1.82) is 0 Å². The second kappa shape index (κ2) is 6.82. The van der Waals surface area contributed by atoms with Crippen molar-refractivity contribution in [3.05, 3.63) is 29.8 Å². The minimum atomic E-state index is -2.04. The van der Waals surface area contributed by atoms with Crippen molar-refractivity contribution in [2.45, 2.75) is 40.0 Å². The fraction of sp³-hybridized carbons (Fsp3) is 0.500. The van der Waals surface area contributed by atoms with E-state index in [1.165, 1.54) is 0 Å². The molecule has 0 aliphatic carbocycles. The van der Waals surface area contributed by atoms with E-state index in [0.29, 0.717) is 12.1 Å². The van der Waals surface area contributed by atoms with E-state index < -0.39 is 11.3 Å². The minimum Gasteiger partial charge on any atom is -0.299 e. The molecule has 0 spiro atoms. The van der Waals surface area contributed by atoms with Crippen LogP contribution < -0.4 is 4.72 Å². The summed E-state index contributed by atoms with van der Waals surface area (Å²) in [5.74, 6) is 0.279. The number of benzene rings is 1. The molecule has 0 fully saturated rings. The highest BCUT2D eigenvalue weighted by atomic mass is 32.2. The summed E-state index contributed by atoms with van der Waals surface area (Å²) in [6.07, 6.45) is 2.25. The molecule has 0 heterocycles. The highest BCUT2D eigenvalue weighted by Gasteiger charge is 2.19. The topological polar surface area (TPSA) is 66.4 Å². The Morgan fingerprint density at radius 1 is 1.26 bits per heavy atom. The van der Waals surface area contributed by atoms with E-state index in [4.69, 9.17) is 4.55 Å². The first kappa shape index (κ1) is 15.9. The monoisotopic (exact) mass is 283 g/mol. The highest BCUT2D eigenvalue weighted by Crippen LogP contribution is 2.19. The van der Waals surface area contributed by atoms with Crippen LogP contribution in [0.2, 0.25) is 0 Å². The van der Waals surface area contributed by atoms with Crippen molar-refractivity contribution >= 4 is 22.7 Å². The number of ketones is 1. The maximum Gasteiger partial charge on any atom is 0.259 e. The summed E-state index contributed by atoms with van der Waals surface area (Å²) in [4.78, 5) is 11.8. The number of Topliss-reactive ketones (excluding diaryl/α,β-unsaturated/α-hetero) is 1. The van der Waals surface area contributed by atoms with E-state index in [0.717, 1.165) is 18.4 Å². The molecule has 5 heteroatoms. The number of hydrogen-bond donors (Lipinski definition) is 2. The van der Waals surface area contributed by atoms with Crippen LogP contribution in [-0.2, 0) is 22.5 Å². The van der Waals surface area contributed by atoms with E-state index in [-0.39, 0.29) is 11.2 Å². The first-order chi connectivity index (χ1) is 8.79. The van der Waals surface area contributed by atoms with Crippen molar-refractivity contribution in [3.63, 3.8) is 0 Å². The van der Waals surface area contributed by atoms with Gasteiger partial charge in [0.1, 0.15) is 5.78 Å². The van der Waals surface area contributed by atoms with Crippen LogP contribution in [-0.4, -0.2) is 14.5 Å². The lowest BCUT2D eigenvalue weighted by atomic mass is 9.87. The Kier molecular flexibility index (Phi) is 5.69. The molecule has 1 aromatic rings. The van der Waals surface area contributed by atoms with E-state index >= 15 is 0 Å². The Hall–Kier alpha value is -1.20. The lowest BCUT2D eigenvalue weighted by molar-refractivity contribution is -0.126. The van der Waals surface area contributed by atoms with Crippen molar-refractivity contribution in [1.82, 2.24) is 0 Å². The molecule has 2 N–H and O–H groups in total. The number of carbonyl (C=O) groups excluding carboxylic acids is 1. The van der Waals surface area contributed by atoms with Crippen LogP contribution in [0.1, 0.15) is 39.2 Å². The minimum absolute atomic E-state index is 0.265. The Balaban J connectivity index is 2.42. The van der Waals surface area contributed by atoms with Gasteiger partial charge in [0.05, 0.1) is 0 Å². The Bertz CT molecular complexity index is 449. The van der Waals surface area contributed by atoms with Crippen LogP contribution in [0.4, 0.5) is 5.69 Å². The standard InChI is InChI=1S/C14H21NO3S/c1-14(2,3)13(16)6-4-5-11-7-9-12(10-8-11)15-19(17)18/h7-10,15H,4-6H2,1-3H3,(H,17,18). The maximum atomic E-state index is 11.8. The van der Waals surface area contributed by atoms with Gasteiger partial charge in [-0.15, -0.1) is 0 Å². The van der Waals surface area contributed by atoms with Gasteiger partial charge in [0, 0.05) is 17.5 Å². The van der Waals surface area contributed by atoms with Gasteiger partial charge >= 0.3 is 0 Å². The zero-order valence-electron chi connectivity index (χ0n) is 11.6. The molecule has 0 saturated heterocycles. The van der Waals surface area contributed by atoms with Crippen molar-refractivity contribution < 1.29 is 13.6 Å². The molecule has 0 aliphatic rings. The van der Waals surface area contributed by atoms with Crippen LogP contribution in [0.3, 0.4) is 0 Å². The third-order valence-corrected chi connectivity index (χ3v) is 3.28. The van der Waals surface area contributed by atoms with E-state index in [1.54, 1.807) is 12.1 Å². The molecule has 0 aliphatic heterocycles. The van der Waals surface area contributed by atoms with Gasteiger partial charge in [0.15, 0.2) is 0 Å². The van der Waals surface area contributed by atoms with Gasteiger partial charge in [-0.25, -0.2) is 4.21 Å². The van der Waals surface area contributed by atoms with E-state index in [1.807, 2.05) is 32.9 Å². The van der Waals surface area contributed by atoms with Crippen LogP contribution in [0, 0.1) is 5.41 Å². The number of aryl methyl sites for hydroxylation is 1. The molecule has 0 amide bonds. The lowest BCUT2D eigenvalue weighted by Crippen LogP contribution is -2.19. The molecular formula is C14H21NO3S. The van der Waals surface area contributed by atoms with Gasteiger partial charge in [-0.1, -0.05) is 32.9 Å². The third-order valence-electron chi connectivity index (χ3n) is 2.86. The summed E-state index contributed by atoms with van der Waals surface area (Å²) in [5.41, 5.74) is 1.46. The quantitative estimate of drug-likeness (QED) is 0.788. The van der Waals surface area contributed by atoms with Crippen LogP contribution in [0.5, 0.6) is 0 Å². The molecule has 1 aromatic carbocycles. The smallest absolute Gasteiger partial charge is 0.259 e. The Morgan fingerprint density at radius 3 is 2.32 bits per heavy atom. The molecule has 1 atom stereocenters. The SMILES string of the molecule is CC(C)(C)C(=O)CCCc1ccc(NS(=O)O)cc1. The normalized spacial score (nSPS) is 13.1. The largest absolute Gasteiger partial charge is 0.299 e. The van der Waals surface area contributed by atoms with Gasteiger partial charge in [0.25, 0.3) is 11.3 Å². The zero-order valence-corrected chi connectivity index (χ0v) is 12.4. The average molecular weight is 283 g/mol. The van der Waals surface area contributed by atoms with Crippen molar-refractivity contribution in [3.8, 4) is 0 Å². The van der Waals surface area contributed by atoms with Gasteiger partial charge in [-0.05, 0) is 30.5 Å². The lowest BCUT2D eigenvalue weighted by Gasteiger charge is -2.16. The molecule has 106 valence electrons. The fourth-order valence-corrected chi connectivity index (χ4v) is 2.01. The second-order valence-corrected chi connectivity index (χ2v) is 6.28. The number of anilines is 1. The molecule has 1 unspecified atom stereocenters. The Morgan fingerprint density at radius 2 is 1.84 bits per heavy atom. The molecular weight excluding hydrogens is 262 g/mol. The summed E-state index contributed by atoms with van der Waals surface area (Å²) >= 11 is -2.04. The first-order valence-corrected chi connectivity index (χ1v) is 7.39. The number of rotatable bonds is 6. The summed E-state index contributed by atoms with van der Waals surface area (Å²) in [6, 6.07) is 7.32. The van der Waals surface area contributed by atoms with E-state index in [2.05, 4.69) is 4.72 Å². The van der Waals surface area contributed by atoms with Crippen LogP contribution in [0.15, 0.2) is 24.3 Å². The number of hydrogen-bond acceptors (Lipinski definition) is 2.